The van der Waals surface area contributed by atoms with Crippen LogP contribution in [0.2, 0.25) is 0 Å². The monoisotopic (exact) mass is 204 g/mol. The molecule has 1 aromatic carbocycles. The molecule has 0 amide bonds. The van der Waals surface area contributed by atoms with E-state index in [0.29, 0.717) is 0 Å². The summed E-state index contributed by atoms with van der Waals surface area (Å²) in [6.45, 7) is 5.04. The van der Waals surface area contributed by atoms with Gasteiger partial charge in [-0.3, -0.25) is 0 Å². The van der Waals surface area contributed by atoms with Crippen LogP contribution in [0.1, 0.15) is 19.4 Å². The average Bonchev–Trinajstić information content (AvgIpc) is 2.61. The van der Waals surface area contributed by atoms with Gasteiger partial charge in [0.05, 0.1) is 18.8 Å². The Kier molecular flexibility index (Phi) is 2.43. The summed E-state index contributed by atoms with van der Waals surface area (Å²) in [5, 5.41) is 0. The molecule has 1 aromatic rings. The van der Waals surface area contributed by atoms with Crippen molar-refractivity contribution in [2.45, 2.75) is 19.3 Å². The van der Waals surface area contributed by atoms with Crippen LogP contribution in [0.5, 0.6) is 5.75 Å². The Morgan fingerprint density at radius 2 is 1.93 bits per heavy atom. The van der Waals surface area contributed by atoms with Gasteiger partial charge in [0.25, 0.3) is 0 Å². The Labute approximate surface area is 90.5 Å². The van der Waals surface area contributed by atoms with Gasteiger partial charge < -0.3 is 9.47 Å². The minimum absolute atomic E-state index is 0.0201. The molecule has 1 atom stereocenters. The standard InChI is InChI=1S/C13H16O2/c1-10-8-15-9-13(10,2)11-4-6-12(14-3)7-5-11/h4-8H,9H2,1-3H3. The first kappa shape index (κ1) is 10.1. The Hall–Kier alpha value is -1.44. The predicted octanol–water partition coefficient (Wildman–Crippen LogP) is 2.89. The maximum atomic E-state index is 5.39. The largest absolute Gasteiger partial charge is 0.500 e. The smallest absolute Gasteiger partial charge is 0.118 e. The number of benzene rings is 1. The second-order valence-electron chi connectivity index (χ2n) is 4.17. The summed E-state index contributed by atoms with van der Waals surface area (Å²) in [5.41, 5.74) is 2.56. The predicted molar refractivity (Wildman–Crippen MR) is 60.1 cm³/mol. The van der Waals surface area contributed by atoms with E-state index in [2.05, 4.69) is 26.0 Å². The molecule has 0 N–H and O–H groups in total. The molecule has 80 valence electrons. The molecule has 0 spiro atoms. The van der Waals surface area contributed by atoms with Crippen molar-refractivity contribution in [1.29, 1.82) is 0 Å². The lowest BCUT2D eigenvalue weighted by Gasteiger charge is -2.24. The molecule has 0 bridgehead atoms. The average molecular weight is 204 g/mol. The van der Waals surface area contributed by atoms with E-state index in [9.17, 15) is 0 Å². The lowest BCUT2D eigenvalue weighted by atomic mass is 9.79. The number of methoxy groups -OCH3 is 1. The highest BCUT2D eigenvalue weighted by molar-refractivity contribution is 5.39. The minimum atomic E-state index is 0.0201. The lowest BCUT2D eigenvalue weighted by molar-refractivity contribution is 0.236. The van der Waals surface area contributed by atoms with Gasteiger partial charge in [0.1, 0.15) is 12.4 Å². The van der Waals surface area contributed by atoms with Crippen LogP contribution >= 0.6 is 0 Å². The molecular formula is C13H16O2. The van der Waals surface area contributed by atoms with Crippen LogP contribution in [0.4, 0.5) is 0 Å². The molecule has 1 aliphatic heterocycles. The number of rotatable bonds is 2. The normalized spacial score (nSPS) is 24.6. The van der Waals surface area contributed by atoms with Crippen LogP contribution < -0.4 is 4.74 Å². The van der Waals surface area contributed by atoms with E-state index in [0.717, 1.165) is 12.4 Å². The molecule has 2 rings (SSSR count). The number of hydrogen-bond acceptors (Lipinski definition) is 2. The van der Waals surface area contributed by atoms with Gasteiger partial charge in [0, 0.05) is 0 Å². The topological polar surface area (TPSA) is 18.5 Å². The van der Waals surface area contributed by atoms with Gasteiger partial charge in [-0.15, -0.1) is 0 Å². The van der Waals surface area contributed by atoms with Gasteiger partial charge in [-0.2, -0.15) is 0 Å². The van der Waals surface area contributed by atoms with Crippen LogP contribution in [-0.2, 0) is 10.2 Å². The van der Waals surface area contributed by atoms with Gasteiger partial charge in [-0.05, 0) is 37.1 Å². The molecule has 2 nitrogen and oxygen atoms in total. The summed E-state index contributed by atoms with van der Waals surface area (Å²) in [6.07, 6.45) is 1.85. The van der Waals surface area contributed by atoms with Crippen molar-refractivity contribution in [3.63, 3.8) is 0 Å². The minimum Gasteiger partial charge on any atom is -0.500 e. The van der Waals surface area contributed by atoms with Crippen molar-refractivity contribution in [3.05, 3.63) is 41.7 Å². The van der Waals surface area contributed by atoms with E-state index in [4.69, 9.17) is 9.47 Å². The molecule has 0 fully saturated rings. The molecule has 0 saturated heterocycles. The Bertz CT molecular complexity index is 378. The van der Waals surface area contributed by atoms with Crippen LogP contribution in [0.15, 0.2) is 36.1 Å². The first-order valence-corrected chi connectivity index (χ1v) is 5.10. The Balaban J connectivity index is 2.33. The molecule has 0 aromatic heterocycles. The van der Waals surface area contributed by atoms with Crippen LogP contribution in [0, 0.1) is 0 Å². The first-order chi connectivity index (χ1) is 7.16. The maximum Gasteiger partial charge on any atom is 0.118 e. The van der Waals surface area contributed by atoms with Crippen molar-refractivity contribution in [2.24, 2.45) is 0 Å². The fourth-order valence-corrected chi connectivity index (χ4v) is 1.85. The second-order valence-corrected chi connectivity index (χ2v) is 4.17. The fourth-order valence-electron chi connectivity index (χ4n) is 1.85. The SMILES string of the molecule is COc1ccc(C2(C)COC=C2C)cc1. The van der Waals surface area contributed by atoms with Crippen molar-refractivity contribution >= 4 is 0 Å². The van der Waals surface area contributed by atoms with Crippen molar-refractivity contribution in [2.75, 3.05) is 13.7 Å². The van der Waals surface area contributed by atoms with Crippen LogP contribution in [0.3, 0.4) is 0 Å². The molecule has 1 aliphatic rings. The molecule has 1 heterocycles. The second kappa shape index (κ2) is 3.61. The summed E-state index contributed by atoms with van der Waals surface area (Å²) in [6, 6.07) is 8.19. The molecule has 0 aliphatic carbocycles. The van der Waals surface area contributed by atoms with E-state index < -0.39 is 0 Å². The zero-order valence-corrected chi connectivity index (χ0v) is 9.41. The number of ether oxygens (including phenoxy) is 2. The molecule has 2 heteroatoms. The third-order valence-corrected chi connectivity index (χ3v) is 3.23. The third-order valence-electron chi connectivity index (χ3n) is 3.23. The highest BCUT2D eigenvalue weighted by Gasteiger charge is 2.33. The van der Waals surface area contributed by atoms with Gasteiger partial charge in [-0.1, -0.05) is 12.1 Å². The van der Waals surface area contributed by atoms with Crippen molar-refractivity contribution in [1.82, 2.24) is 0 Å². The maximum absolute atomic E-state index is 5.39. The zero-order valence-electron chi connectivity index (χ0n) is 9.41. The van der Waals surface area contributed by atoms with Crippen LogP contribution in [0.25, 0.3) is 0 Å². The van der Waals surface area contributed by atoms with E-state index in [-0.39, 0.29) is 5.41 Å². The van der Waals surface area contributed by atoms with E-state index >= 15 is 0 Å². The van der Waals surface area contributed by atoms with Crippen LogP contribution in [-0.4, -0.2) is 13.7 Å². The highest BCUT2D eigenvalue weighted by Crippen LogP contribution is 2.36. The highest BCUT2D eigenvalue weighted by atomic mass is 16.5. The van der Waals surface area contributed by atoms with E-state index in [1.54, 1.807) is 7.11 Å². The summed E-state index contributed by atoms with van der Waals surface area (Å²) in [7, 11) is 1.68. The summed E-state index contributed by atoms with van der Waals surface area (Å²) < 4.78 is 10.5. The number of hydrogen-bond donors (Lipinski definition) is 0. The molecule has 1 unspecified atom stereocenters. The molecule has 0 radical (unpaired) electrons. The van der Waals surface area contributed by atoms with E-state index in [1.807, 2.05) is 18.4 Å². The summed E-state index contributed by atoms with van der Waals surface area (Å²) in [5.74, 6) is 0.892. The molecular weight excluding hydrogens is 188 g/mol. The quantitative estimate of drug-likeness (QED) is 0.737. The van der Waals surface area contributed by atoms with Gasteiger partial charge in [-0.25, -0.2) is 0 Å². The summed E-state index contributed by atoms with van der Waals surface area (Å²) in [4.78, 5) is 0. The fraction of sp³-hybridized carbons (Fsp3) is 0.385. The summed E-state index contributed by atoms with van der Waals surface area (Å²) >= 11 is 0. The van der Waals surface area contributed by atoms with Gasteiger partial charge in [0.2, 0.25) is 0 Å². The van der Waals surface area contributed by atoms with Crippen molar-refractivity contribution in [3.8, 4) is 5.75 Å². The lowest BCUT2D eigenvalue weighted by Crippen LogP contribution is -2.24. The van der Waals surface area contributed by atoms with Gasteiger partial charge in [0.15, 0.2) is 0 Å². The Morgan fingerprint density at radius 1 is 1.27 bits per heavy atom. The molecule has 0 saturated carbocycles. The molecule has 15 heavy (non-hydrogen) atoms. The van der Waals surface area contributed by atoms with Crippen molar-refractivity contribution < 1.29 is 9.47 Å². The zero-order chi connectivity index (χ0) is 10.9. The third kappa shape index (κ3) is 1.60. The van der Waals surface area contributed by atoms with Gasteiger partial charge >= 0.3 is 0 Å². The first-order valence-electron chi connectivity index (χ1n) is 5.10. The van der Waals surface area contributed by atoms with E-state index in [1.165, 1.54) is 11.1 Å². The Morgan fingerprint density at radius 3 is 2.40 bits per heavy atom.